The first-order valence-electron chi connectivity index (χ1n) is 14.5. The van der Waals surface area contributed by atoms with E-state index in [1.54, 1.807) is 39.0 Å². The number of hydrogen-bond donors (Lipinski definition) is 1. The summed E-state index contributed by atoms with van der Waals surface area (Å²) in [6.07, 6.45) is 2.72. The molecule has 10 nitrogen and oxygen atoms in total. The number of nitro groups is 1. The van der Waals surface area contributed by atoms with Crippen LogP contribution in [-0.4, -0.2) is 64.5 Å². The third-order valence-corrected chi connectivity index (χ3v) is 9.01. The van der Waals surface area contributed by atoms with Gasteiger partial charge in [-0.05, 0) is 64.2 Å². The Bertz CT molecular complexity index is 1410. The molecule has 43 heavy (non-hydrogen) atoms. The Kier molecular flexibility index (Phi) is 8.28. The summed E-state index contributed by atoms with van der Waals surface area (Å²) in [4.78, 5) is 44.1. The van der Waals surface area contributed by atoms with E-state index in [9.17, 15) is 28.5 Å². The number of halogens is 3. The van der Waals surface area contributed by atoms with Gasteiger partial charge in [0.2, 0.25) is 0 Å². The molecule has 1 N–H and O–H groups in total. The monoisotopic (exact) mass is 619 g/mol. The van der Waals surface area contributed by atoms with Crippen LogP contribution < -0.4 is 10.2 Å². The third kappa shape index (κ3) is 6.39. The Morgan fingerprint density at radius 2 is 1.93 bits per heavy atom. The number of carbonyl (C=O) groups excluding carboxylic acids is 2. The molecule has 2 amide bonds. The number of nitro benzene ring substituents is 1. The summed E-state index contributed by atoms with van der Waals surface area (Å²) < 4.78 is 34.9. The van der Waals surface area contributed by atoms with Crippen LogP contribution in [-0.2, 0) is 4.74 Å². The summed E-state index contributed by atoms with van der Waals surface area (Å²) in [5.41, 5.74) is -1.24. The van der Waals surface area contributed by atoms with E-state index in [0.717, 1.165) is 19.3 Å². The fourth-order valence-corrected chi connectivity index (χ4v) is 6.69. The quantitative estimate of drug-likeness (QED) is 0.196. The zero-order chi connectivity index (χ0) is 31.2. The van der Waals surface area contributed by atoms with E-state index >= 15 is 0 Å². The molecule has 0 radical (unpaired) electrons. The van der Waals surface area contributed by atoms with Gasteiger partial charge in [0.15, 0.2) is 0 Å². The molecule has 3 heterocycles. The molecule has 2 atom stereocenters. The van der Waals surface area contributed by atoms with Crippen LogP contribution in [0.5, 0.6) is 0 Å². The van der Waals surface area contributed by atoms with Crippen molar-refractivity contribution < 1.29 is 28.0 Å². The number of non-ortho nitro benzene ring substituents is 1. The van der Waals surface area contributed by atoms with Gasteiger partial charge in [0.1, 0.15) is 16.6 Å². The summed E-state index contributed by atoms with van der Waals surface area (Å²) in [5.74, 6) is -3.49. The highest BCUT2D eigenvalue weighted by Gasteiger charge is 2.83. The third-order valence-electron chi connectivity index (χ3n) is 8.80. The minimum absolute atomic E-state index is 0.0142. The molecule has 0 bridgehead atoms. The Morgan fingerprint density at radius 3 is 2.58 bits per heavy atom. The largest absolute Gasteiger partial charge is 0.444 e. The van der Waals surface area contributed by atoms with Crippen LogP contribution in [0.4, 0.5) is 30.8 Å². The highest BCUT2D eigenvalue weighted by molar-refractivity contribution is 6.29. The molecule has 5 rings (SSSR count). The van der Waals surface area contributed by atoms with Gasteiger partial charge < -0.3 is 19.9 Å². The number of hydrogen-bond acceptors (Lipinski definition) is 7. The summed E-state index contributed by atoms with van der Waals surface area (Å²) in [5, 5.41) is 14.4. The van der Waals surface area contributed by atoms with Gasteiger partial charge in [-0.1, -0.05) is 30.5 Å². The topological polar surface area (TPSA) is 118 Å². The van der Waals surface area contributed by atoms with Crippen LogP contribution in [0.15, 0.2) is 36.4 Å². The number of nitrogens with one attached hydrogen (secondary N) is 1. The second-order valence-corrected chi connectivity index (χ2v) is 13.2. The number of aromatic nitrogens is 1. The number of rotatable bonds is 8. The van der Waals surface area contributed by atoms with Crippen LogP contribution in [0.2, 0.25) is 5.15 Å². The van der Waals surface area contributed by atoms with Crippen molar-refractivity contribution in [1.82, 2.24) is 9.88 Å². The number of amides is 2. The molecule has 2 saturated heterocycles. The lowest BCUT2D eigenvalue weighted by molar-refractivity contribution is -0.384. The Morgan fingerprint density at radius 1 is 1.21 bits per heavy atom. The van der Waals surface area contributed by atoms with Crippen LogP contribution in [0.1, 0.15) is 63.2 Å². The Hall–Kier alpha value is -3.54. The second kappa shape index (κ2) is 11.5. The highest BCUT2D eigenvalue weighted by atomic mass is 35.5. The standard InChI is InChI=1S/C30H36ClF2N5O5/c1-28(2,3)43-27(40)37-17-23-29(18-37,30(23,32)33)13-5-6-19-11-14-36(15-12-19)22-16-20(38(41)42)9-10-21(22)26(39)35-25-8-4-7-24(31)34-25/h4,7-10,16,19,23H,5-6,11-15,17-18H2,1-3H3,(H,34,35,39). The number of ether oxygens (including phenoxy) is 1. The van der Waals surface area contributed by atoms with E-state index < -0.39 is 39.8 Å². The van der Waals surface area contributed by atoms with Crippen LogP contribution in [0, 0.1) is 27.4 Å². The number of fused-ring (bicyclic) bond motifs is 1. The highest BCUT2D eigenvalue weighted by Crippen LogP contribution is 2.71. The number of carbonyl (C=O) groups is 2. The molecule has 1 saturated carbocycles. The van der Waals surface area contributed by atoms with Crippen molar-refractivity contribution in [1.29, 1.82) is 0 Å². The Balaban J connectivity index is 1.18. The average molecular weight is 620 g/mol. The normalized spacial score (nSPS) is 23.1. The minimum Gasteiger partial charge on any atom is -0.444 e. The fraction of sp³-hybridized carbons (Fsp3) is 0.567. The molecular weight excluding hydrogens is 584 g/mol. The number of likely N-dealkylation sites (tertiary alicyclic amines) is 1. The molecule has 2 aromatic rings. The van der Waals surface area contributed by atoms with Gasteiger partial charge in [0.25, 0.3) is 17.5 Å². The molecule has 1 aromatic carbocycles. The van der Waals surface area contributed by atoms with Gasteiger partial charge in [-0.25, -0.2) is 18.6 Å². The first-order valence-corrected chi connectivity index (χ1v) is 14.9. The van der Waals surface area contributed by atoms with E-state index in [2.05, 4.69) is 10.3 Å². The van der Waals surface area contributed by atoms with Crippen LogP contribution >= 0.6 is 11.6 Å². The average Bonchev–Trinajstić information content (AvgIpc) is 3.20. The van der Waals surface area contributed by atoms with Gasteiger partial charge in [0.05, 0.1) is 27.5 Å². The van der Waals surface area contributed by atoms with Gasteiger partial charge >= 0.3 is 6.09 Å². The van der Waals surface area contributed by atoms with Crippen molar-refractivity contribution in [2.45, 2.75) is 64.4 Å². The zero-order valence-electron chi connectivity index (χ0n) is 24.4. The van der Waals surface area contributed by atoms with Crippen LogP contribution in [0.25, 0.3) is 0 Å². The number of benzene rings is 1. The summed E-state index contributed by atoms with van der Waals surface area (Å²) in [7, 11) is 0. The number of alkyl halides is 2. The molecule has 1 aromatic heterocycles. The Labute approximate surface area is 253 Å². The number of pyridine rings is 1. The van der Waals surface area contributed by atoms with E-state index in [0.29, 0.717) is 37.5 Å². The molecule has 1 aliphatic carbocycles. The van der Waals surface area contributed by atoms with Crippen molar-refractivity contribution in [2.75, 3.05) is 36.4 Å². The van der Waals surface area contributed by atoms with Crippen molar-refractivity contribution in [3.63, 3.8) is 0 Å². The number of piperidine rings is 2. The van der Waals surface area contributed by atoms with Gasteiger partial charge in [-0.2, -0.15) is 0 Å². The smallest absolute Gasteiger partial charge is 0.410 e. The lowest BCUT2D eigenvalue weighted by Crippen LogP contribution is -2.40. The molecule has 2 unspecified atom stereocenters. The van der Waals surface area contributed by atoms with E-state index in [1.807, 2.05) is 4.90 Å². The van der Waals surface area contributed by atoms with Gasteiger partial charge in [-0.15, -0.1) is 0 Å². The molecule has 13 heteroatoms. The fourth-order valence-electron chi connectivity index (χ4n) is 6.52. The molecule has 3 fully saturated rings. The van der Waals surface area contributed by atoms with E-state index in [-0.39, 0.29) is 35.3 Å². The van der Waals surface area contributed by atoms with E-state index in [1.165, 1.54) is 23.1 Å². The van der Waals surface area contributed by atoms with Crippen LogP contribution in [0.3, 0.4) is 0 Å². The lowest BCUT2D eigenvalue weighted by Gasteiger charge is -2.34. The van der Waals surface area contributed by atoms with Crippen molar-refractivity contribution >= 4 is 40.8 Å². The van der Waals surface area contributed by atoms with Gasteiger partial charge in [0, 0.05) is 38.3 Å². The summed E-state index contributed by atoms with van der Waals surface area (Å²) >= 11 is 5.93. The van der Waals surface area contributed by atoms with Crippen molar-refractivity contribution in [3.05, 3.63) is 57.2 Å². The van der Waals surface area contributed by atoms with Crippen molar-refractivity contribution in [2.24, 2.45) is 17.3 Å². The summed E-state index contributed by atoms with van der Waals surface area (Å²) in [6, 6.07) is 8.97. The first-order chi connectivity index (χ1) is 20.2. The molecule has 2 aliphatic heterocycles. The maximum atomic E-state index is 14.7. The minimum atomic E-state index is -2.77. The first kappa shape index (κ1) is 30.9. The molecule has 3 aliphatic rings. The van der Waals surface area contributed by atoms with E-state index in [4.69, 9.17) is 16.3 Å². The molecular formula is C30H36ClF2N5O5. The number of nitrogens with zero attached hydrogens (tertiary/aromatic N) is 4. The second-order valence-electron chi connectivity index (χ2n) is 12.8. The predicted octanol–water partition coefficient (Wildman–Crippen LogP) is 6.78. The maximum Gasteiger partial charge on any atom is 0.410 e. The maximum absolute atomic E-state index is 14.7. The predicted molar refractivity (Wildman–Crippen MR) is 158 cm³/mol. The van der Waals surface area contributed by atoms with Gasteiger partial charge in [-0.3, -0.25) is 14.9 Å². The molecule has 0 spiro atoms. The SMILES string of the molecule is CC(C)(C)OC(=O)N1CC2C(F)(F)C2(CCCC2CCN(c3cc([N+](=O)[O-])ccc3C(=O)Nc3cccc(Cl)n3)CC2)C1. The van der Waals surface area contributed by atoms with Crippen molar-refractivity contribution in [3.8, 4) is 0 Å². The summed E-state index contributed by atoms with van der Waals surface area (Å²) in [6.45, 7) is 6.43. The lowest BCUT2D eigenvalue weighted by atomic mass is 9.88. The number of anilines is 2. The zero-order valence-corrected chi connectivity index (χ0v) is 25.2. The molecule has 232 valence electrons.